The second-order valence-corrected chi connectivity index (χ2v) is 4.95. The van der Waals surface area contributed by atoms with E-state index in [9.17, 15) is 4.79 Å². The molecular formula is C13H14N2OS. The lowest BCUT2D eigenvalue weighted by atomic mass is 10.2. The van der Waals surface area contributed by atoms with Gasteiger partial charge in [-0.2, -0.15) is 0 Å². The van der Waals surface area contributed by atoms with Crippen molar-refractivity contribution in [1.82, 2.24) is 4.57 Å². The number of carbonyl (C=O) groups is 1. The van der Waals surface area contributed by atoms with Crippen LogP contribution in [0.1, 0.15) is 27.9 Å². The van der Waals surface area contributed by atoms with Gasteiger partial charge >= 0.3 is 0 Å². The van der Waals surface area contributed by atoms with Gasteiger partial charge in [-0.3, -0.25) is 10.2 Å². The quantitative estimate of drug-likeness (QED) is 0.831. The number of carbonyl (C=O) groups excluding carboxylic acids is 1. The van der Waals surface area contributed by atoms with Crippen LogP contribution in [-0.4, -0.2) is 10.4 Å². The first-order valence-corrected chi connectivity index (χ1v) is 6.21. The predicted octanol–water partition coefficient (Wildman–Crippen LogP) is 2.59. The highest BCUT2D eigenvalue weighted by Gasteiger charge is 2.12. The molecule has 0 saturated carbocycles. The number of nitrogens with zero attached hydrogens (tertiary/aromatic N) is 1. The molecule has 0 atom stereocenters. The minimum atomic E-state index is 0.0350. The molecule has 0 spiro atoms. The van der Waals surface area contributed by atoms with Gasteiger partial charge < -0.3 is 4.57 Å². The molecule has 88 valence electrons. The summed E-state index contributed by atoms with van der Waals surface area (Å²) in [6.07, 6.45) is 0. The van der Waals surface area contributed by atoms with Gasteiger partial charge in [-0.25, -0.2) is 0 Å². The summed E-state index contributed by atoms with van der Waals surface area (Å²) in [5, 5.41) is 7.90. The number of thiazole rings is 1. The number of hydrogen-bond donors (Lipinski definition) is 1. The number of ketones is 1. The third kappa shape index (κ3) is 2.36. The number of rotatable bonds is 3. The molecule has 2 rings (SSSR count). The molecule has 0 bridgehead atoms. The lowest BCUT2D eigenvalue weighted by molar-refractivity contribution is 0.102. The molecule has 0 aliphatic rings. The molecule has 0 unspecified atom stereocenters. The SMILES string of the molecule is CC(=O)c1sc(=N)n(Cc2ccccc2)c1C. The number of benzene rings is 1. The van der Waals surface area contributed by atoms with Crippen LogP contribution >= 0.6 is 11.3 Å². The fourth-order valence-corrected chi connectivity index (χ4v) is 2.69. The normalized spacial score (nSPS) is 10.5. The van der Waals surface area contributed by atoms with Crippen molar-refractivity contribution in [1.29, 1.82) is 5.41 Å². The van der Waals surface area contributed by atoms with E-state index in [2.05, 4.69) is 0 Å². The monoisotopic (exact) mass is 246 g/mol. The van der Waals surface area contributed by atoms with Crippen LogP contribution in [0.3, 0.4) is 0 Å². The van der Waals surface area contributed by atoms with Crippen molar-refractivity contribution in [2.24, 2.45) is 0 Å². The second kappa shape index (κ2) is 4.67. The summed E-state index contributed by atoms with van der Waals surface area (Å²) in [5.41, 5.74) is 2.03. The molecule has 1 aromatic heterocycles. The summed E-state index contributed by atoms with van der Waals surface area (Å²) in [6, 6.07) is 9.98. The number of aromatic nitrogens is 1. The third-order valence-corrected chi connectivity index (χ3v) is 3.88. The first-order chi connectivity index (χ1) is 8.09. The zero-order chi connectivity index (χ0) is 12.4. The number of hydrogen-bond acceptors (Lipinski definition) is 3. The van der Waals surface area contributed by atoms with Gasteiger partial charge in [-0.1, -0.05) is 41.7 Å². The molecule has 3 nitrogen and oxygen atoms in total. The van der Waals surface area contributed by atoms with E-state index in [1.54, 1.807) is 6.92 Å². The van der Waals surface area contributed by atoms with Crippen LogP contribution in [0.5, 0.6) is 0 Å². The van der Waals surface area contributed by atoms with Crippen molar-refractivity contribution >= 4 is 17.1 Å². The summed E-state index contributed by atoms with van der Waals surface area (Å²) in [7, 11) is 0. The highest BCUT2D eigenvalue weighted by molar-refractivity contribution is 7.11. The van der Waals surface area contributed by atoms with Crippen molar-refractivity contribution in [3.63, 3.8) is 0 Å². The van der Waals surface area contributed by atoms with Crippen LogP contribution in [0, 0.1) is 12.3 Å². The third-order valence-electron chi connectivity index (χ3n) is 2.68. The molecule has 17 heavy (non-hydrogen) atoms. The zero-order valence-corrected chi connectivity index (χ0v) is 10.7. The summed E-state index contributed by atoms with van der Waals surface area (Å²) in [5.74, 6) is 0.0350. The van der Waals surface area contributed by atoms with Gasteiger partial charge in [0.15, 0.2) is 10.6 Å². The molecule has 4 heteroatoms. The minimum absolute atomic E-state index is 0.0350. The molecule has 0 amide bonds. The largest absolute Gasteiger partial charge is 0.316 e. The molecule has 0 saturated heterocycles. The zero-order valence-electron chi connectivity index (χ0n) is 9.86. The van der Waals surface area contributed by atoms with E-state index < -0.39 is 0 Å². The first kappa shape index (κ1) is 11.8. The molecule has 0 fully saturated rings. The van der Waals surface area contributed by atoms with Gasteiger partial charge in [0, 0.05) is 12.6 Å². The Balaban J connectivity index is 2.41. The van der Waals surface area contributed by atoms with E-state index in [0.717, 1.165) is 11.3 Å². The summed E-state index contributed by atoms with van der Waals surface area (Å²) < 4.78 is 1.87. The first-order valence-electron chi connectivity index (χ1n) is 5.39. The van der Waals surface area contributed by atoms with Crippen LogP contribution in [-0.2, 0) is 6.54 Å². The lowest BCUT2D eigenvalue weighted by Gasteiger charge is -2.05. The molecule has 0 aliphatic carbocycles. The molecule has 1 N–H and O–H groups in total. The fourth-order valence-electron chi connectivity index (χ4n) is 1.78. The van der Waals surface area contributed by atoms with Crippen molar-refractivity contribution < 1.29 is 4.79 Å². The topological polar surface area (TPSA) is 45.9 Å². The Labute approximate surface area is 104 Å². The maximum Gasteiger partial charge on any atom is 0.183 e. The van der Waals surface area contributed by atoms with Gasteiger partial charge in [-0.05, 0) is 12.5 Å². The summed E-state index contributed by atoms with van der Waals surface area (Å²) in [6.45, 7) is 4.09. The van der Waals surface area contributed by atoms with E-state index in [1.165, 1.54) is 11.3 Å². The van der Waals surface area contributed by atoms with Gasteiger partial charge in [0.05, 0.1) is 11.4 Å². The molecular weight excluding hydrogens is 232 g/mol. The molecule has 1 aromatic carbocycles. The highest BCUT2D eigenvalue weighted by atomic mass is 32.1. The summed E-state index contributed by atoms with van der Waals surface area (Å²) >= 11 is 1.25. The van der Waals surface area contributed by atoms with Crippen LogP contribution < -0.4 is 4.80 Å². The maximum absolute atomic E-state index is 11.4. The van der Waals surface area contributed by atoms with Gasteiger partial charge in [-0.15, -0.1) is 0 Å². The van der Waals surface area contributed by atoms with E-state index >= 15 is 0 Å². The smallest absolute Gasteiger partial charge is 0.183 e. The van der Waals surface area contributed by atoms with E-state index in [1.807, 2.05) is 41.8 Å². The average molecular weight is 246 g/mol. The Morgan fingerprint density at radius 3 is 2.53 bits per heavy atom. The van der Waals surface area contributed by atoms with Crippen molar-refractivity contribution in [3.8, 4) is 0 Å². The molecule has 0 radical (unpaired) electrons. The van der Waals surface area contributed by atoms with Crippen molar-refractivity contribution in [2.75, 3.05) is 0 Å². The molecule has 1 heterocycles. The summed E-state index contributed by atoms with van der Waals surface area (Å²) in [4.78, 5) is 12.5. The Morgan fingerprint density at radius 1 is 1.35 bits per heavy atom. The fraction of sp³-hybridized carbons (Fsp3) is 0.231. The number of Topliss-reactive ketones (excluding diaryl/α,β-unsaturated/α-hetero) is 1. The second-order valence-electron chi connectivity index (χ2n) is 3.95. The van der Waals surface area contributed by atoms with E-state index in [4.69, 9.17) is 5.41 Å². The Hall–Kier alpha value is -1.68. The van der Waals surface area contributed by atoms with Crippen LogP contribution in [0.4, 0.5) is 0 Å². The Kier molecular flexibility index (Phi) is 3.24. The lowest BCUT2D eigenvalue weighted by Crippen LogP contribution is -2.15. The Bertz CT molecular complexity index is 596. The van der Waals surface area contributed by atoms with Crippen LogP contribution in [0.2, 0.25) is 0 Å². The average Bonchev–Trinajstić information content (AvgIpc) is 2.58. The Morgan fingerprint density at radius 2 is 2.00 bits per heavy atom. The standard InChI is InChI=1S/C13H14N2OS/c1-9-12(10(2)16)17-13(14)15(9)8-11-6-4-3-5-7-11/h3-7,14H,8H2,1-2H3. The van der Waals surface area contributed by atoms with Crippen LogP contribution in [0.25, 0.3) is 0 Å². The molecule has 0 aliphatic heterocycles. The van der Waals surface area contributed by atoms with Gasteiger partial charge in [0.1, 0.15) is 0 Å². The van der Waals surface area contributed by atoms with Crippen molar-refractivity contribution in [2.45, 2.75) is 20.4 Å². The minimum Gasteiger partial charge on any atom is -0.316 e. The van der Waals surface area contributed by atoms with Gasteiger partial charge in [0.2, 0.25) is 0 Å². The van der Waals surface area contributed by atoms with Crippen LogP contribution in [0.15, 0.2) is 30.3 Å². The van der Waals surface area contributed by atoms with Crippen molar-refractivity contribution in [3.05, 3.63) is 51.3 Å². The highest BCUT2D eigenvalue weighted by Crippen LogP contribution is 2.13. The number of nitrogens with one attached hydrogen (secondary N) is 1. The van der Waals surface area contributed by atoms with E-state index in [-0.39, 0.29) is 5.78 Å². The van der Waals surface area contributed by atoms with E-state index in [0.29, 0.717) is 16.2 Å². The molecule has 2 aromatic rings. The predicted molar refractivity (Wildman–Crippen MR) is 68.4 cm³/mol. The van der Waals surface area contributed by atoms with Gasteiger partial charge in [0.25, 0.3) is 0 Å². The maximum atomic E-state index is 11.4.